The monoisotopic (exact) mass is 359 g/mol. The van der Waals surface area contributed by atoms with Crippen molar-refractivity contribution < 1.29 is 14.4 Å². The summed E-state index contributed by atoms with van der Waals surface area (Å²) in [6, 6.07) is 17.6. The van der Waals surface area contributed by atoms with E-state index in [9.17, 15) is 4.79 Å². The summed E-state index contributed by atoms with van der Waals surface area (Å²) >= 11 is 5.91. The number of amides is 1. The van der Waals surface area contributed by atoms with Gasteiger partial charge in [-0.1, -0.05) is 41.9 Å². The second-order valence-corrected chi connectivity index (χ2v) is 6.86. The fourth-order valence-corrected chi connectivity index (χ4v) is 3.58. The van der Waals surface area contributed by atoms with Crippen LogP contribution in [0.4, 0.5) is 0 Å². The predicted molar refractivity (Wildman–Crippen MR) is 99.1 cm³/mol. The molecule has 2 atom stereocenters. The van der Waals surface area contributed by atoms with Crippen LogP contribution in [0.3, 0.4) is 0 Å². The van der Waals surface area contributed by atoms with Crippen LogP contribution in [0.25, 0.3) is 0 Å². The summed E-state index contributed by atoms with van der Waals surface area (Å²) in [4.78, 5) is 14.0. The molecular weight excluding hydrogens is 336 g/mol. The van der Waals surface area contributed by atoms with Crippen molar-refractivity contribution in [1.29, 1.82) is 0 Å². The fourth-order valence-electron chi connectivity index (χ4n) is 3.46. The highest BCUT2D eigenvalue weighted by Crippen LogP contribution is 2.15. The molecule has 132 valence electrons. The molecule has 3 rings (SSSR count). The van der Waals surface area contributed by atoms with Crippen LogP contribution in [0, 0.1) is 0 Å². The molecule has 5 heteroatoms. The molecule has 2 aromatic rings. The third-order valence-corrected chi connectivity index (χ3v) is 4.95. The molecule has 0 saturated carbocycles. The summed E-state index contributed by atoms with van der Waals surface area (Å²) in [6.07, 6.45) is 0. The van der Waals surface area contributed by atoms with Gasteiger partial charge in [0, 0.05) is 16.1 Å². The Morgan fingerprint density at radius 3 is 2.36 bits per heavy atom. The lowest BCUT2D eigenvalue weighted by Gasteiger charge is -2.35. The first-order valence-corrected chi connectivity index (χ1v) is 9.06. The maximum absolute atomic E-state index is 12.6. The third kappa shape index (κ3) is 4.60. The summed E-state index contributed by atoms with van der Waals surface area (Å²) in [7, 11) is 0. The number of quaternary nitrogens is 1. The SMILES string of the molecule is C[C@@H](NC(=O)c1ccc(Cl)cc1)[C@@H](c1ccccc1)[NH+]1CCOCC1. The zero-order chi connectivity index (χ0) is 17.6. The molecule has 1 saturated heterocycles. The van der Waals surface area contributed by atoms with Crippen molar-refractivity contribution in [3.63, 3.8) is 0 Å². The Morgan fingerprint density at radius 2 is 1.72 bits per heavy atom. The molecule has 2 aromatic carbocycles. The van der Waals surface area contributed by atoms with Crippen LogP contribution in [0.1, 0.15) is 28.9 Å². The minimum Gasteiger partial charge on any atom is -0.370 e. The smallest absolute Gasteiger partial charge is 0.251 e. The van der Waals surface area contributed by atoms with Crippen molar-refractivity contribution in [1.82, 2.24) is 5.32 Å². The summed E-state index contributed by atoms with van der Waals surface area (Å²) in [5, 5.41) is 3.80. The second-order valence-electron chi connectivity index (χ2n) is 6.43. The average molecular weight is 360 g/mol. The van der Waals surface area contributed by atoms with E-state index in [0.29, 0.717) is 10.6 Å². The number of rotatable bonds is 5. The summed E-state index contributed by atoms with van der Waals surface area (Å²) in [5.41, 5.74) is 1.86. The number of carbonyl (C=O) groups is 1. The van der Waals surface area contributed by atoms with E-state index < -0.39 is 0 Å². The number of benzene rings is 2. The molecule has 1 fully saturated rings. The molecule has 25 heavy (non-hydrogen) atoms. The minimum absolute atomic E-state index is 0.00122. The van der Waals surface area contributed by atoms with Crippen molar-refractivity contribution in [2.45, 2.75) is 19.0 Å². The largest absolute Gasteiger partial charge is 0.370 e. The highest BCUT2D eigenvalue weighted by molar-refractivity contribution is 6.30. The van der Waals surface area contributed by atoms with Gasteiger partial charge in [0.25, 0.3) is 5.91 Å². The Balaban J connectivity index is 1.77. The second kappa shape index (κ2) is 8.48. The maximum Gasteiger partial charge on any atom is 0.251 e. The number of nitrogens with one attached hydrogen (secondary N) is 2. The number of morpholine rings is 1. The molecule has 0 aliphatic carbocycles. The first-order chi connectivity index (χ1) is 12.1. The Bertz CT molecular complexity index is 685. The van der Waals surface area contributed by atoms with Crippen LogP contribution >= 0.6 is 11.6 Å². The molecule has 0 unspecified atom stereocenters. The zero-order valence-corrected chi connectivity index (χ0v) is 15.1. The number of ether oxygens (including phenoxy) is 1. The lowest BCUT2D eigenvalue weighted by molar-refractivity contribution is -0.940. The topological polar surface area (TPSA) is 42.8 Å². The van der Waals surface area contributed by atoms with Crippen molar-refractivity contribution in [2.24, 2.45) is 0 Å². The van der Waals surface area contributed by atoms with Gasteiger partial charge in [-0.15, -0.1) is 0 Å². The maximum atomic E-state index is 12.6. The number of carbonyl (C=O) groups excluding carboxylic acids is 1. The molecule has 0 spiro atoms. The lowest BCUT2D eigenvalue weighted by atomic mass is 9.97. The van der Waals surface area contributed by atoms with Crippen molar-refractivity contribution in [3.8, 4) is 0 Å². The van der Waals surface area contributed by atoms with Gasteiger partial charge in [-0.25, -0.2) is 0 Å². The molecular formula is C20H24ClN2O2+. The number of hydrogen-bond acceptors (Lipinski definition) is 2. The molecule has 0 aromatic heterocycles. The standard InChI is InChI=1S/C20H23ClN2O2/c1-15(22-20(24)17-7-9-18(21)10-8-17)19(16-5-3-2-4-6-16)23-11-13-25-14-12-23/h2-10,15,19H,11-14H2,1H3,(H,22,24)/p+1/t15-,19+/m1/s1. The van der Waals surface area contributed by atoms with E-state index in [1.807, 2.05) is 6.07 Å². The fraction of sp³-hybridized carbons (Fsp3) is 0.350. The quantitative estimate of drug-likeness (QED) is 0.858. The van der Waals surface area contributed by atoms with Crippen LogP contribution in [0.5, 0.6) is 0 Å². The van der Waals surface area contributed by atoms with Gasteiger partial charge in [0.05, 0.1) is 19.3 Å². The van der Waals surface area contributed by atoms with E-state index in [1.54, 1.807) is 24.3 Å². The first kappa shape index (κ1) is 17.9. The Morgan fingerprint density at radius 1 is 1.08 bits per heavy atom. The van der Waals surface area contributed by atoms with Gasteiger partial charge in [0.15, 0.2) is 0 Å². The van der Waals surface area contributed by atoms with Gasteiger partial charge in [-0.3, -0.25) is 4.79 Å². The van der Waals surface area contributed by atoms with Gasteiger partial charge >= 0.3 is 0 Å². The van der Waals surface area contributed by atoms with E-state index >= 15 is 0 Å². The van der Waals surface area contributed by atoms with E-state index in [2.05, 4.69) is 36.5 Å². The van der Waals surface area contributed by atoms with Crippen molar-refractivity contribution in [3.05, 3.63) is 70.7 Å². The summed E-state index contributed by atoms with van der Waals surface area (Å²) in [5.74, 6) is -0.0715. The van der Waals surface area contributed by atoms with E-state index in [-0.39, 0.29) is 18.0 Å². The van der Waals surface area contributed by atoms with Crippen LogP contribution in [0.2, 0.25) is 5.02 Å². The third-order valence-electron chi connectivity index (χ3n) is 4.70. The normalized spacial score (nSPS) is 17.7. The molecule has 1 heterocycles. The van der Waals surface area contributed by atoms with E-state index in [1.165, 1.54) is 10.5 Å². The summed E-state index contributed by atoms with van der Waals surface area (Å²) < 4.78 is 5.51. The van der Waals surface area contributed by atoms with Gasteiger partial charge in [0.1, 0.15) is 19.1 Å². The van der Waals surface area contributed by atoms with E-state index in [0.717, 1.165) is 26.3 Å². The average Bonchev–Trinajstić information content (AvgIpc) is 2.64. The molecule has 2 N–H and O–H groups in total. The van der Waals surface area contributed by atoms with Gasteiger partial charge < -0.3 is 15.0 Å². The van der Waals surface area contributed by atoms with Crippen molar-refractivity contribution in [2.75, 3.05) is 26.3 Å². The van der Waals surface area contributed by atoms with Crippen molar-refractivity contribution >= 4 is 17.5 Å². The Hall–Kier alpha value is -1.88. The highest BCUT2D eigenvalue weighted by Gasteiger charge is 2.32. The van der Waals surface area contributed by atoms with Gasteiger partial charge in [-0.2, -0.15) is 0 Å². The van der Waals surface area contributed by atoms with Crippen LogP contribution in [-0.2, 0) is 4.74 Å². The molecule has 1 aliphatic heterocycles. The lowest BCUT2D eigenvalue weighted by Crippen LogP contribution is -3.15. The van der Waals surface area contributed by atoms with Gasteiger partial charge in [-0.05, 0) is 31.2 Å². The molecule has 0 bridgehead atoms. The summed E-state index contributed by atoms with van der Waals surface area (Å²) in [6.45, 7) is 5.49. The Kier molecular flexibility index (Phi) is 6.08. The van der Waals surface area contributed by atoms with Crippen LogP contribution < -0.4 is 10.2 Å². The molecule has 1 aliphatic rings. The Labute approximate surface area is 153 Å². The molecule has 4 nitrogen and oxygen atoms in total. The first-order valence-electron chi connectivity index (χ1n) is 8.69. The number of hydrogen-bond donors (Lipinski definition) is 2. The molecule has 0 radical (unpaired) electrons. The van der Waals surface area contributed by atoms with E-state index in [4.69, 9.17) is 16.3 Å². The van der Waals surface area contributed by atoms with Gasteiger partial charge in [0.2, 0.25) is 0 Å². The van der Waals surface area contributed by atoms with Crippen LogP contribution in [0.15, 0.2) is 54.6 Å². The number of halogens is 1. The van der Waals surface area contributed by atoms with Crippen LogP contribution in [-0.4, -0.2) is 38.3 Å². The minimum atomic E-state index is -0.0715. The zero-order valence-electron chi connectivity index (χ0n) is 14.4. The molecule has 1 amide bonds. The predicted octanol–water partition coefficient (Wildman–Crippen LogP) is 2.11. The highest BCUT2D eigenvalue weighted by atomic mass is 35.5.